The number of quaternary nitrogens is 1. The van der Waals surface area contributed by atoms with Crippen molar-refractivity contribution in [3.05, 3.63) is 146 Å². The Kier molecular flexibility index (Phi) is 60.2. The maximum absolute atomic E-state index is 13.0. The number of unbranched alkanes of at least 4 members (excludes halogenated alkanes) is 25. The SMILES string of the molecule is CC/C=C\C/C=C\C/C=C\C/C=C\C/C=C\C/C=C\C/C=C\C/C=C\C/C=C\C/C=C\C/C=C\CCCCCC(=O)NC(COP(=O)(O)OCC[N+](C)(C)C)C(O)/C=C/CCCCCCCCCCCCCCCCCCCCCCCC. The summed E-state index contributed by atoms with van der Waals surface area (Å²) >= 11 is 0. The van der Waals surface area contributed by atoms with E-state index in [1.54, 1.807) is 6.08 Å². The highest BCUT2D eigenvalue weighted by molar-refractivity contribution is 7.47. The topological polar surface area (TPSA) is 105 Å². The van der Waals surface area contributed by atoms with Gasteiger partial charge in [0.2, 0.25) is 5.91 Å². The van der Waals surface area contributed by atoms with Gasteiger partial charge in [-0.2, -0.15) is 0 Å². The molecule has 0 aliphatic heterocycles. The number of likely N-dealkylation sites (N-methyl/N-ethyl adjacent to an activating group) is 1. The molecule has 0 rings (SSSR count). The van der Waals surface area contributed by atoms with Crippen LogP contribution in [0.4, 0.5) is 0 Å². The predicted octanol–water partition coefficient (Wildman–Crippen LogP) is 21.6. The van der Waals surface area contributed by atoms with Gasteiger partial charge in [0, 0.05) is 6.42 Å². The highest BCUT2D eigenvalue weighted by Crippen LogP contribution is 2.43. The normalized spacial score (nSPS) is 14.6. The van der Waals surface area contributed by atoms with Gasteiger partial charge >= 0.3 is 7.82 Å². The number of aliphatic hydroxyl groups excluding tert-OH is 1. The van der Waals surface area contributed by atoms with Crippen LogP contribution < -0.4 is 5.32 Å². The molecule has 0 aromatic carbocycles. The van der Waals surface area contributed by atoms with E-state index in [0.29, 0.717) is 23.9 Å². The maximum atomic E-state index is 13.0. The van der Waals surface area contributed by atoms with Gasteiger partial charge in [0.1, 0.15) is 13.2 Å². The molecule has 3 N–H and O–H groups in total. The lowest BCUT2D eigenvalue weighted by atomic mass is 10.0. The molecule has 0 saturated carbocycles. The Morgan fingerprint density at radius 2 is 0.723 bits per heavy atom. The Hall–Kier alpha value is -3.62. The van der Waals surface area contributed by atoms with Gasteiger partial charge in [-0.1, -0.05) is 301 Å². The van der Waals surface area contributed by atoms with E-state index in [9.17, 15) is 19.4 Å². The third-order valence-electron chi connectivity index (χ3n) is 14.3. The fourth-order valence-electron chi connectivity index (χ4n) is 9.11. The van der Waals surface area contributed by atoms with Crippen molar-refractivity contribution in [3.63, 3.8) is 0 Å². The largest absolute Gasteiger partial charge is 0.472 e. The van der Waals surface area contributed by atoms with E-state index in [1.807, 2.05) is 27.2 Å². The average Bonchev–Trinajstić information content (AvgIpc) is 3.50. The standard InChI is InChI=1S/C74H127N2O6P/c1-6-8-10-12-14-16-18-20-22-24-26-28-30-32-33-34-35-36-37-38-39-40-41-42-43-44-46-48-50-52-54-56-58-60-62-64-66-68-74(78)75-72(71-82-83(79,80)81-70-69-76(3,4)5)73(77)67-65-63-61-59-57-55-53-51-49-47-45-31-29-27-25-23-21-19-17-15-13-11-9-7-2/h8,10,14,16,20,22,26,28,32-33,35-36,38-39,41-42,44,46,50,52,56,58,65,67,72-73,77H,6-7,9,11-13,15,17-19,21,23-25,27,29-31,34,37,40,43,45,47-49,51,53-55,57,59-64,66,68-71H2,1-5H3,(H-,75,78,79,80)/p+1/b10-8-,16-14-,22-20-,28-26-,33-32-,36-35-,39-38-,42-41-,46-44-,52-50-,58-56-,67-65+. The summed E-state index contributed by atoms with van der Waals surface area (Å²) in [7, 11) is 1.53. The molecule has 0 radical (unpaired) electrons. The average molecular weight is 1170 g/mol. The third-order valence-corrected chi connectivity index (χ3v) is 15.3. The number of nitrogens with zero attached hydrogens (tertiary/aromatic N) is 1. The first-order valence-electron chi connectivity index (χ1n) is 33.7. The Labute approximate surface area is 512 Å². The summed E-state index contributed by atoms with van der Waals surface area (Å²) in [4.78, 5) is 23.4. The summed E-state index contributed by atoms with van der Waals surface area (Å²) in [6.07, 6.45) is 96.9. The molecule has 0 aromatic heterocycles. The van der Waals surface area contributed by atoms with Crippen molar-refractivity contribution in [2.24, 2.45) is 0 Å². The van der Waals surface area contributed by atoms with Crippen LogP contribution in [0.3, 0.4) is 0 Å². The number of carbonyl (C=O) groups is 1. The first kappa shape index (κ1) is 79.4. The summed E-state index contributed by atoms with van der Waals surface area (Å²) < 4.78 is 23.8. The molecule has 3 atom stereocenters. The number of phosphoric ester groups is 1. The number of hydrogen-bond acceptors (Lipinski definition) is 5. The van der Waals surface area contributed by atoms with E-state index in [0.717, 1.165) is 109 Å². The Bertz CT molecular complexity index is 1860. The van der Waals surface area contributed by atoms with Crippen LogP contribution in [0.5, 0.6) is 0 Å². The number of hydrogen-bond donors (Lipinski definition) is 3. The zero-order valence-electron chi connectivity index (χ0n) is 54.1. The Balaban J connectivity index is 4.25. The van der Waals surface area contributed by atoms with E-state index in [4.69, 9.17) is 9.05 Å². The number of nitrogens with one attached hydrogen (secondary N) is 1. The third kappa shape index (κ3) is 65.8. The molecular weight excluding hydrogens is 1040 g/mol. The number of allylic oxidation sites excluding steroid dienone is 23. The van der Waals surface area contributed by atoms with Crippen LogP contribution in [0.1, 0.15) is 264 Å². The van der Waals surface area contributed by atoms with Crippen LogP contribution in [0.25, 0.3) is 0 Å². The van der Waals surface area contributed by atoms with E-state index in [2.05, 4.69) is 153 Å². The molecule has 9 heteroatoms. The first-order valence-corrected chi connectivity index (χ1v) is 35.2. The van der Waals surface area contributed by atoms with E-state index in [1.165, 1.54) is 128 Å². The lowest BCUT2D eigenvalue weighted by Gasteiger charge is -2.25. The molecule has 1 amide bonds. The molecule has 0 heterocycles. The van der Waals surface area contributed by atoms with Gasteiger partial charge < -0.3 is 19.8 Å². The molecule has 0 spiro atoms. The smallest absolute Gasteiger partial charge is 0.387 e. The minimum atomic E-state index is -4.37. The molecular formula is C74H128N2O6P+. The number of amides is 1. The van der Waals surface area contributed by atoms with Gasteiger partial charge in [-0.25, -0.2) is 4.57 Å². The van der Waals surface area contributed by atoms with Crippen molar-refractivity contribution < 1.29 is 32.9 Å². The van der Waals surface area contributed by atoms with Crippen molar-refractivity contribution in [1.29, 1.82) is 0 Å². The summed E-state index contributed by atoms with van der Waals surface area (Å²) in [6.45, 7) is 4.68. The summed E-state index contributed by atoms with van der Waals surface area (Å²) in [6, 6.07) is -0.877. The van der Waals surface area contributed by atoms with Gasteiger partial charge in [0.15, 0.2) is 0 Å². The highest BCUT2D eigenvalue weighted by Gasteiger charge is 2.27. The predicted molar refractivity (Wildman–Crippen MR) is 364 cm³/mol. The second-order valence-electron chi connectivity index (χ2n) is 23.5. The van der Waals surface area contributed by atoms with Gasteiger partial charge in [-0.15, -0.1) is 0 Å². The zero-order valence-corrected chi connectivity index (χ0v) is 55.0. The molecule has 474 valence electrons. The summed E-state index contributed by atoms with van der Waals surface area (Å²) in [5.41, 5.74) is 0. The van der Waals surface area contributed by atoms with Crippen molar-refractivity contribution in [3.8, 4) is 0 Å². The van der Waals surface area contributed by atoms with Crippen molar-refractivity contribution in [2.45, 2.75) is 276 Å². The quantitative estimate of drug-likeness (QED) is 0.0243. The monoisotopic (exact) mass is 1170 g/mol. The number of phosphoric acid groups is 1. The van der Waals surface area contributed by atoms with Crippen LogP contribution in [-0.2, 0) is 18.4 Å². The van der Waals surface area contributed by atoms with E-state index < -0.39 is 20.0 Å². The molecule has 0 aromatic rings. The van der Waals surface area contributed by atoms with Gasteiger partial charge in [0.05, 0.1) is 39.9 Å². The fraction of sp³-hybridized carbons (Fsp3) is 0.662. The van der Waals surface area contributed by atoms with Crippen molar-refractivity contribution in [1.82, 2.24) is 5.32 Å². The minimum absolute atomic E-state index is 0.0472. The molecule has 0 aliphatic rings. The first-order chi connectivity index (χ1) is 40.5. The number of aliphatic hydroxyl groups is 1. The van der Waals surface area contributed by atoms with Crippen LogP contribution in [0, 0.1) is 0 Å². The van der Waals surface area contributed by atoms with Gasteiger partial charge in [-0.3, -0.25) is 13.8 Å². The fourth-order valence-corrected chi connectivity index (χ4v) is 9.84. The number of rotatable bonds is 60. The van der Waals surface area contributed by atoms with Gasteiger partial charge in [0.25, 0.3) is 0 Å². The Morgan fingerprint density at radius 3 is 1.06 bits per heavy atom. The molecule has 0 saturated heterocycles. The summed E-state index contributed by atoms with van der Waals surface area (Å²) in [5, 5.41) is 14.0. The summed E-state index contributed by atoms with van der Waals surface area (Å²) in [5.74, 6) is -0.212. The number of carbonyl (C=O) groups excluding carboxylic acids is 1. The van der Waals surface area contributed by atoms with Crippen LogP contribution >= 0.6 is 7.82 Å². The van der Waals surface area contributed by atoms with Crippen LogP contribution in [0.2, 0.25) is 0 Å². The minimum Gasteiger partial charge on any atom is -0.387 e. The highest BCUT2D eigenvalue weighted by atomic mass is 31.2. The molecule has 0 bridgehead atoms. The maximum Gasteiger partial charge on any atom is 0.472 e. The van der Waals surface area contributed by atoms with Crippen molar-refractivity contribution >= 4 is 13.7 Å². The molecule has 3 unspecified atom stereocenters. The van der Waals surface area contributed by atoms with E-state index >= 15 is 0 Å². The van der Waals surface area contributed by atoms with Crippen LogP contribution in [-0.4, -0.2) is 73.4 Å². The van der Waals surface area contributed by atoms with Crippen molar-refractivity contribution in [2.75, 3.05) is 40.9 Å². The lowest BCUT2D eigenvalue weighted by Crippen LogP contribution is -2.45. The molecule has 83 heavy (non-hydrogen) atoms. The molecule has 0 fully saturated rings. The van der Waals surface area contributed by atoms with E-state index in [-0.39, 0.29) is 19.1 Å². The Morgan fingerprint density at radius 1 is 0.422 bits per heavy atom. The lowest BCUT2D eigenvalue weighted by molar-refractivity contribution is -0.870. The zero-order chi connectivity index (χ0) is 60.5. The second-order valence-corrected chi connectivity index (χ2v) is 24.9. The van der Waals surface area contributed by atoms with Gasteiger partial charge in [-0.05, 0) is 103 Å². The van der Waals surface area contributed by atoms with Crippen LogP contribution in [0.15, 0.2) is 146 Å². The molecule has 0 aliphatic carbocycles. The second kappa shape index (κ2) is 62.9. The molecule has 8 nitrogen and oxygen atoms in total.